The Labute approximate surface area is 154 Å². The average Bonchev–Trinajstić information content (AvgIpc) is 3.01. The van der Waals surface area contributed by atoms with Crippen molar-refractivity contribution in [2.75, 3.05) is 11.4 Å². The molecule has 3 aromatic rings. The van der Waals surface area contributed by atoms with Crippen molar-refractivity contribution >= 4 is 28.9 Å². The van der Waals surface area contributed by atoms with E-state index in [1.165, 1.54) is 5.69 Å². The van der Waals surface area contributed by atoms with Crippen molar-refractivity contribution in [2.45, 2.75) is 19.5 Å². The van der Waals surface area contributed by atoms with E-state index in [0.717, 1.165) is 29.2 Å². The van der Waals surface area contributed by atoms with E-state index in [1.54, 1.807) is 6.20 Å². The molecule has 3 heterocycles. The lowest BCUT2D eigenvalue weighted by atomic mass is 10.1. The van der Waals surface area contributed by atoms with Gasteiger partial charge in [-0.2, -0.15) is 5.10 Å². The first-order chi connectivity index (χ1) is 12.1. The molecule has 128 valence electrons. The number of aromatic nitrogens is 4. The molecule has 0 aliphatic carbocycles. The average molecular weight is 376 g/mol. The van der Waals surface area contributed by atoms with Crippen molar-refractivity contribution in [3.8, 4) is 0 Å². The predicted molar refractivity (Wildman–Crippen MR) is 97.4 cm³/mol. The van der Waals surface area contributed by atoms with Crippen LogP contribution in [0.2, 0.25) is 10.0 Å². The summed E-state index contributed by atoms with van der Waals surface area (Å²) in [6.45, 7) is 2.02. The van der Waals surface area contributed by atoms with Crippen LogP contribution in [0.4, 0.5) is 5.69 Å². The fraction of sp³-hybridized carbons (Fsp3) is 0.235. The summed E-state index contributed by atoms with van der Waals surface area (Å²) in [6, 6.07) is 7.82. The number of anilines is 1. The fourth-order valence-corrected chi connectivity index (χ4v) is 3.52. The van der Waals surface area contributed by atoms with Gasteiger partial charge in [0.1, 0.15) is 5.02 Å². The molecule has 0 radical (unpaired) electrons. The maximum Gasteiger partial charge on any atom is 0.285 e. The van der Waals surface area contributed by atoms with E-state index in [9.17, 15) is 4.79 Å². The molecular formula is C17H15Cl2N5O. The third-order valence-corrected chi connectivity index (χ3v) is 5.14. The summed E-state index contributed by atoms with van der Waals surface area (Å²) in [5, 5.41) is 7.10. The van der Waals surface area contributed by atoms with Crippen molar-refractivity contribution in [2.24, 2.45) is 0 Å². The van der Waals surface area contributed by atoms with Gasteiger partial charge in [-0.25, -0.2) is 10.1 Å². The van der Waals surface area contributed by atoms with Crippen molar-refractivity contribution < 1.29 is 0 Å². The predicted octanol–water partition coefficient (Wildman–Crippen LogP) is 2.88. The molecule has 25 heavy (non-hydrogen) atoms. The van der Waals surface area contributed by atoms with Crippen LogP contribution in [0.3, 0.4) is 0 Å². The third-order valence-electron chi connectivity index (χ3n) is 4.41. The van der Waals surface area contributed by atoms with Crippen LogP contribution < -0.4 is 10.5 Å². The van der Waals surface area contributed by atoms with Crippen LogP contribution in [0.25, 0.3) is 0 Å². The zero-order valence-electron chi connectivity index (χ0n) is 13.2. The van der Waals surface area contributed by atoms with Crippen LogP contribution in [0.15, 0.2) is 41.6 Å². The zero-order chi connectivity index (χ0) is 17.4. The second-order valence-corrected chi connectivity index (χ2v) is 6.71. The van der Waals surface area contributed by atoms with Gasteiger partial charge in [-0.15, -0.1) is 0 Å². The Kier molecular flexibility index (Phi) is 4.23. The lowest BCUT2D eigenvalue weighted by Crippen LogP contribution is -2.32. The lowest BCUT2D eigenvalue weighted by molar-refractivity contribution is 0.660. The third kappa shape index (κ3) is 3.03. The minimum absolute atomic E-state index is 0.161. The minimum Gasteiger partial charge on any atom is -0.362 e. The van der Waals surface area contributed by atoms with E-state index >= 15 is 0 Å². The molecule has 0 spiro atoms. The monoisotopic (exact) mass is 375 g/mol. The Balaban J connectivity index is 1.60. The smallest absolute Gasteiger partial charge is 0.285 e. The van der Waals surface area contributed by atoms with Crippen LogP contribution in [-0.4, -0.2) is 26.3 Å². The van der Waals surface area contributed by atoms with Gasteiger partial charge in [0.2, 0.25) is 0 Å². The van der Waals surface area contributed by atoms with Gasteiger partial charge in [-0.1, -0.05) is 41.4 Å². The molecule has 1 aliphatic heterocycles. The maximum atomic E-state index is 11.7. The summed E-state index contributed by atoms with van der Waals surface area (Å²) in [5.41, 5.74) is 3.49. The van der Waals surface area contributed by atoms with Gasteiger partial charge in [0.25, 0.3) is 5.56 Å². The van der Waals surface area contributed by atoms with E-state index in [4.69, 9.17) is 23.2 Å². The molecule has 6 nitrogen and oxygen atoms in total. The van der Waals surface area contributed by atoms with Crippen molar-refractivity contribution in [3.05, 3.63) is 74.1 Å². The zero-order valence-corrected chi connectivity index (χ0v) is 14.8. The van der Waals surface area contributed by atoms with Gasteiger partial charge in [0, 0.05) is 23.7 Å². The number of rotatable bonds is 3. The molecule has 0 saturated carbocycles. The SMILES string of the molecule is O=c1[nH]ncc(N2CCc3c(ncn3Cc3ccccc3Cl)C2)c1Cl. The molecule has 1 aliphatic rings. The highest BCUT2D eigenvalue weighted by atomic mass is 35.5. The summed E-state index contributed by atoms with van der Waals surface area (Å²) in [6.07, 6.45) is 4.23. The highest BCUT2D eigenvalue weighted by Crippen LogP contribution is 2.27. The van der Waals surface area contributed by atoms with E-state index in [-0.39, 0.29) is 10.6 Å². The molecule has 0 atom stereocenters. The van der Waals surface area contributed by atoms with Gasteiger partial charge >= 0.3 is 0 Å². The van der Waals surface area contributed by atoms with E-state index in [0.29, 0.717) is 18.8 Å². The number of nitrogens with one attached hydrogen (secondary N) is 1. The Morgan fingerprint density at radius 2 is 2.08 bits per heavy atom. The maximum absolute atomic E-state index is 11.7. The van der Waals surface area contributed by atoms with Crippen LogP contribution >= 0.6 is 23.2 Å². The Morgan fingerprint density at radius 1 is 1.24 bits per heavy atom. The van der Waals surface area contributed by atoms with Gasteiger partial charge in [-0.3, -0.25) is 4.79 Å². The summed E-state index contributed by atoms with van der Waals surface area (Å²) in [4.78, 5) is 18.2. The molecule has 1 aromatic carbocycles. The molecular weight excluding hydrogens is 361 g/mol. The molecule has 0 saturated heterocycles. The van der Waals surface area contributed by atoms with Gasteiger partial charge in [-0.05, 0) is 11.6 Å². The second-order valence-electron chi connectivity index (χ2n) is 5.93. The highest BCUT2D eigenvalue weighted by Gasteiger charge is 2.23. The quantitative estimate of drug-likeness (QED) is 0.764. The first-order valence-corrected chi connectivity index (χ1v) is 8.63. The summed E-state index contributed by atoms with van der Waals surface area (Å²) in [7, 11) is 0. The number of H-pyrrole nitrogens is 1. The largest absolute Gasteiger partial charge is 0.362 e. The number of fused-ring (bicyclic) bond motifs is 1. The van der Waals surface area contributed by atoms with Crippen LogP contribution in [-0.2, 0) is 19.5 Å². The number of aromatic amines is 1. The first-order valence-electron chi connectivity index (χ1n) is 7.88. The van der Waals surface area contributed by atoms with Crippen molar-refractivity contribution in [3.63, 3.8) is 0 Å². The number of hydrogen-bond donors (Lipinski definition) is 1. The molecule has 8 heteroatoms. The van der Waals surface area contributed by atoms with E-state index < -0.39 is 0 Å². The summed E-state index contributed by atoms with van der Waals surface area (Å²) in [5.74, 6) is 0. The van der Waals surface area contributed by atoms with E-state index in [2.05, 4.69) is 19.7 Å². The summed E-state index contributed by atoms with van der Waals surface area (Å²) >= 11 is 12.4. The van der Waals surface area contributed by atoms with Gasteiger partial charge in [0.15, 0.2) is 0 Å². The van der Waals surface area contributed by atoms with Crippen LogP contribution in [0.1, 0.15) is 17.0 Å². The Bertz CT molecular complexity index is 981. The minimum atomic E-state index is -0.380. The molecule has 0 amide bonds. The molecule has 1 N–H and O–H groups in total. The fourth-order valence-electron chi connectivity index (χ4n) is 3.12. The van der Waals surface area contributed by atoms with Crippen LogP contribution in [0, 0.1) is 0 Å². The standard InChI is InChI=1S/C17H15Cl2N5O/c18-12-4-2-1-3-11(12)8-24-10-20-13-9-23(6-5-14(13)24)15-7-21-22-17(25)16(15)19/h1-4,7,10H,5-6,8-9H2,(H,22,25). The number of benzene rings is 1. The molecule has 0 unspecified atom stereocenters. The van der Waals surface area contributed by atoms with Crippen molar-refractivity contribution in [1.82, 2.24) is 19.7 Å². The number of hydrogen-bond acceptors (Lipinski definition) is 4. The summed E-state index contributed by atoms with van der Waals surface area (Å²) < 4.78 is 2.13. The number of nitrogens with zero attached hydrogens (tertiary/aromatic N) is 4. The van der Waals surface area contributed by atoms with E-state index in [1.807, 2.05) is 35.5 Å². The lowest BCUT2D eigenvalue weighted by Gasteiger charge is -2.29. The highest BCUT2D eigenvalue weighted by molar-refractivity contribution is 6.33. The van der Waals surface area contributed by atoms with Gasteiger partial charge < -0.3 is 9.47 Å². The number of imidazole rings is 1. The molecule has 0 bridgehead atoms. The van der Waals surface area contributed by atoms with Crippen molar-refractivity contribution in [1.29, 1.82) is 0 Å². The molecule has 4 rings (SSSR count). The Hall–Kier alpha value is -2.31. The Morgan fingerprint density at radius 3 is 2.92 bits per heavy atom. The van der Waals surface area contributed by atoms with Gasteiger partial charge in [0.05, 0.1) is 37.0 Å². The second kappa shape index (κ2) is 6.54. The number of halogens is 2. The van der Waals surface area contributed by atoms with Crippen LogP contribution in [0.5, 0.6) is 0 Å². The normalized spacial score (nSPS) is 13.8. The topological polar surface area (TPSA) is 66.8 Å². The molecule has 0 fully saturated rings. The first kappa shape index (κ1) is 16.2. The molecule has 2 aromatic heterocycles.